The van der Waals surface area contributed by atoms with Crippen LogP contribution in [-0.2, 0) is 5.75 Å². The second-order valence-corrected chi connectivity index (χ2v) is 7.22. The van der Waals surface area contributed by atoms with Crippen molar-refractivity contribution in [1.29, 1.82) is 0 Å². The lowest BCUT2D eigenvalue weighted by molar-refractivity contribution is 1.04. The third kappa shape index (κ3) is 3.70. The van der Waals surface area contributed by atoms with Gasteiger partial charge in [-0.3, -0.25) is 5.10 Å². The second kappa shape index (κ2) is 7.17. The first-order valence-corrected chi connectivity index (χ1v) is 9.40. The van der Waals surface area contributed by atoms with Crippen LogP contribution in [0.5, 0.6) is 0 Å². The minimum Gasteiger partial charge on any atom is -0.323 e. The van der Waals surface area contributed by atoms with Gasteiger partial charge in [0.1, 0.15) is 11.6 Å². The molecule has 0 amide bonds. The molecule has 6 heteroatoms. The first-order chi connectivity index (χ1) is 12.7. The zero-order valence-electron chi connectivity index (χ0n) is 14.7. The molecule has 2 aromatic carbocycles. The van der Waals surface area contributed by atoms with E-state index in [2.05, 4.69) is 46.7 Å². The van der Waals surface area contributed by atoms with Crippen molar-refractivity contribution < 1.29 is 0 Å². The van der Waals surface area contributed by atoms with Gasteiger partial charge >= 0.3 is 0 Å². The molecule has 0 saturated heterocycles. The van der Waals surface area contributed by atoms with Crippen molar-refractivity contribution in [3.05, 3.63) is 71.7 Å². The van der Waals surface area contributed by atoms with Crippen LogP contribution >= 0.6 is 11.8 Å². The third-order valence-electron chi connectivity index (χ3n) is 3.99. The van der Waals surface area contributed by atoms with Gasteiger partial charge in [-0.2, -0.15) is 5.10 Å². The average molecular weight is 361 g/mol. The molecule has 0 aliphatic carbocycles. The Balaban J connectivity index is 1.63. The van der Waals surface area contributed by atoms with E-state index in [9.17, 15) is 0 Å². The monoisotopic (exact) mass is 361 g/mol. The molecule has 0 aliphatic heterocycles. The molecule has 0 spiro atoms. The highest BCUT2D eigenvalue weighted by Crippen LogP contribution is 2.26. The summed E-state index contributed by atoms with van der Waals surface area (Å²) in [6, 6.07) is 18.5. The summed E-state index contributed by atoms with van der Waals surface area (Å²) in [6.45, 7) is 4.06. The molecule has 0 saturated carbocycles. The second-order valence-electron chi connectivity index (χ2n) is 6.17. The van der Waals surface area contributed by atoms with Crippen LogP contribution < -0.4 is 5.32 Å². The smallest absolute Gasteiger partial charge is 0.153 e. The summed E-state index contributed by atoms with van der Waals surface area (Å²) >= 11 is 1.74. The van der Waals surface area contributed by atoms with Crippen molar-refractivity contribution in [3.8, 4) is 0 Å². The highest BCUT2D eigenvalue weighted by Gasteiger charge is 2.09. The molecule has 0 fully saturated rings. The van der Waals surface area contributed by atoms with Gasteiger partial charge in [0.25, 0.3) is 0 Å². The largest absolute Gasteiger partial charge is 0.323 e. The molecule has 0 aliphatic rings. The van der Waals surface area contributed by atoms with Gasteiger partial charge in [-0.15, -0.1) is 11.8 Å². The summed E-state index contributed by atoms with van der Waals surface area (Å²) in [6.07, 6.45) is 0. The maximum absolute atomic E-state index is 4.74. The van der Waals surface area contributed by atoms with E-state index in [0.717, 1.165) is 34.1 Å². The number of rotatable bonds is 5. The molecule has 2 heterocycles. The van der Waals surface area contributed by atoms with Gasteiger partial charge in [0, 0.05) is 22.0 Å². The highest BCUT2D eigenvalue weighted by atomic mass is 32.2. The summed E-state index contributed by atoms with van der Waals surface area (Å²) in [5.74, 6) is 3.04. The van der Waals surface area contributed by atoms with Gasteiger partial charge in [0.05, 0.1) is 11.3 Å². The van der Waals surface area contributed by atoms with Crippen LogP contribution in [0.15, 0.2) is 59.5 Å². The maximum Gasteiger partial charge on any atom is 0.153 e. The first kappa shape index (κ1) is 16.6. The van der Waals surface area contributed by atoms with E-state index in [-0.39, 0.29) is 0 Å². The van der Waals surface area contributed by atoms with E-state index < -0.39 is 0 Å². The number of H-pyrrole nitrogens is 1. The van der Waals surface area contributed by atoms with E-state index in [1.807, 2.05) is 37.3 Å². The zero-order chi connectivity index (χ0) is 17.9. The fraction of sp³-hybridized carbons (Fsp3) is 0.150. The van der Waals surface area contributed by atoms with E-state index in [0.29, 0.717) is 5.75 Å². The van der Waals surface area contributed by atoms with Crippen molar-refractivity contribution in [2.75, 3.05) is 5.32 Å². The predicted octanol–water partition coefficient (Wildman–Crippen LogP) is 5.01. The van der Waals surface area contributed by atoms with Crippen LogP contribution in [0.25, 0.3) is 10.9 Å². The van der Waals surface area contributed by atoms with Crippen molar-refractivity contribution in [2.24, 2.45) is 0 Å². The number of anilines is 2. The molecule has 0 bridgehead atoms. The van der Waals surface area contributed by atoms with Crippen molar-refractivity contribution >= 4 is 34.3 Å². The van der Waals surface area contributed by atoms with Gasteiger partial charge in [-0.05, 0) is 38.1 Å². The number of benzene rings is 2. The lowest BCUT2D eigenvalue weighted by atomic mass is 10.2. The molecular formula is C20H19N5S. The highest BCUT2D eigenvalue weighted by molar-refractivity contribution is 7.98. The lowest BCUT2D eigenvalue weighted by Crippen LogP contribution is -2.01. The molecule has 4 aromatic rings. The topological polar surface area (TPSA) is 66.5 Å². The fourth-order valence-electron chi connectivity index (χ4n) is 2.67. The molecule has 2 aromatic heterocycles. The summed E-state index contributed by atoms with van der Waals surface area (Å²) in [5, 5.41) is 11.5. The number of para-hydroxylation sites is 1. The number of aryl methyl sites for hydroxylation is 2. The van der Waals surface area contributed by atoms with Crippen molar-refractivity contribution in [1.82, 2.24) is 20.2 Å². The van der Waals surface area contributed by atoms with E-state index in [1.165, 1.54) is 10.5 Å². The number of hydrogen-bond donors (Lipinski definition) is 2. The minimum absolute atomic E-state index is 0.710. The van der Waals surface area contributed by atoms with E-state index >= 15 is 0 Å². The summed E-state index contributed by atoms with van der Waals surface area (Å²) in [5.41, 5.74) is 3.19. The Morgan fingerprint density at radius 2 is 1.81 bits per heavy atom. The van der Waals surface area contributed by atoms with Crippen LogP contribution in [0.1, 0.15) is 17.1 Å². The molecular weight excluding hydrogens is 342 g/mol. The summed E-state index contributed by atoms with van der Waals surface area (Å²) in [4.78, 5) is 10.7. The van der Waals surface area contributed by atoms with Crippen LogP contribution in [0.3, 0.4) is 0 Å². The SMILES string of the molecule is Cc1ccc(SCc2nc(Nc3cc(C)[nH]n3)c3ccccc3n2)cc1. The Morgan fingerprint density at radius 1 is 1.00 bits per heavy atom. The molecule has 0 radical (unpaired) electrons. The predicted molar refractivity (Wildman–Crippen MR) is 107 cm³/mol. The van der Waals surface area contributed by atoms with Crippen LogP contribution in [-0.4, -0.2) is 20.2 Å². The quantitative estimate of drug-likeness (QED) is 0.489. The number of thioether (sulfide) groups is 1. The molecule has 130 valence electrons. The number of fused-ring (bicyclic) bond motifs is 1. The molecule has 0 unspecified atom stereocenters. The number of aromatic amines is 1. The molecule has 0 atom stereocenters. The molecule has 2 N–H and O–H groups in total. The number of hydrogen-bond acceptors (Lipinski definition) is 5. The van der Waals surface area contributed by atoms with Crippen LogP contribution in [0.2, 0.25) is 0 Å². The Kier molecular flexibility index (Phi) is 4.58. The lowest BCUT2D eigenvalue weighted by Gasteiger charge is -2.09. The van der Waals surface area contributed by atoms with Gasteiger partial charge in [-0.1, -0.05) is 29.8 Å². The van der Waals surface area contributed by atoms with Crippen molar-refractivity contribution in [3.63, 3.8) is 0 Å². The molecule has 5 nitrogen and oxygen atoms in total. The third-order valence-corrected chi connectivity index (χ3v) is 5.00. The Labute approximate surface area is 156 Å². The Hall–Kier alpha value is -2.86. The first-order valence-electron chi connectivity index (χ1n) is 8.41. The summed E-state index contributed by atoms with van der Waals surface area (Å²) < 4.78 is 0. The van der Waals surface area contributed by atoms with Gasteiger partial charge < -0.3 is 5.32 Å². The number of aromatic nitrogens is 4. The van der Waals surface area contributed by atoms with Gasteiger partial charge in [0.15, 0.2) is 5.82 Å². The maximum atomic E-state index is 4.74. The standard InChI is InChI=1S/C20H19N5S/c1-13-7-9-15(10-8-13)26-12-19-21-17-6-4-3-5-16(17)20(23-19)22-18-11-14(2)24-25-18/h3-11H,12H2,1-2H3,(H2,21,22,23,24,25). The van der Waals surface area contributed by atoms with Crippen LogP contribution in [0, 0.1) is 13.8 Å². The molecule has 26 heavy (non-hydrogen) atoms. The average Bonchev–Trinajstić information content (AvgIpc) is 3.06. The van der Waals surface area contributed by atoms with E-state index in [1.54, 1.807) is 11.8 Å². The van der Waals surface area contributed by atoms with Crippen molar-refractivity contribution in [2.45, 2.75) is 24.5 Å². The minimum atomic E-state index is 0.710. The Morgan fingerprint density at radius 3 is 2.58 bits per heavy atom. The van der Waals surface area contributed by atoms with E-state index in [4.69, 9.17) is 9.97 Å². The van der Waals surface area contributed by atoms with Crippen LogP contribution in [0.4, 0.5) is 11.6 Å². The Bertz CT molecular complexity index is 1040. The van der Waals surface area contributed by atoms with Gasteiger partial charge in [0.2, 0.25) is 0 Å². The zero-order valence-corrected chi connectivity index (χ0v) is 15.5. The fourth-order valence-corrected chi connectivity index (χ4v) is 3.42. The van der Waals surface area contributed by atoms with Gasteiger partial charge in [-0.25, -0.2) is 9.97 Å². The number of nitrogens with zero attached hydrogens (tertiary/aromatic N) is 3. The summed E-state index contributed by atoms with van der Waals surface area (Å²) in [7, 11) is 0. The number of nitrogens with one attached hydrogen (secondary N) is 2. The normalized spacial score (nSPS) is 11.0. The molecule has 4 rings (SSSR count).